The molecule has 0 unspecified atom stereocenters. The first kappa shape index (κ1) is 26.4. The van der Waals surface area contributed by atoms with E-state index in [1.54, 1.807) is 18.4 Å². The second kappa shape index (κ2) is 10.5. The fraction of sp³-hybridized carbons (Fsp3) is 0.233. The molecule has 4 aromatic rings. The van der Waals surface area contributed by atoms with Crippen molar-refractivity contribution < 1.29 is 9.53 Å². The van der Waals surface area contributed by atoms with Crippen LogP contribution in [0, 0.1) is 24.3 Å². The smallest absolute Gasteiger partial charge is 0.338 e. The lowest BCUT2D eigenvalue weighted by atomic mass is 9.96. The number of carbonyl (C=O) groups is 1. The number of aromatic nitrogens is 2. The average Bonchev–Trinajstić information content (AvgIpc) is 3.34. The molecule has 0 saturated heterocycles. The van der Waals surface area contributed by atoms with Crippen molar-refractivity contribution in [2.24, 2.45) is 4.99 Å². The quantitative estimate of drug-likeness (QED) is 0.226. The van der Waals surface area contributed by atoms with E-state index in [1.165, 1.54) is 20.5 Å². The molecule has 0 saturated carbocycles. The third-order valence-electron chi connectivity index (χ3n) is 6.80. The largest absolute Gasteiger partial charge is 0.463 e. The molecule has 0 N–H and O–H groups in total. The van der Waals surface area contributed by atoms with Gasteiger partial charge in [-0.15, -0.1) is 0 Å². The maximum atomic E-state index is 13.9. The first-order valence-corrected chi connectivity index (χ1v) is 14.3. The number of rotatable bonds is 5. The van der Waals surface area contributed by atoms with Crippen molar-refractivity contribution in [3.63, 3.8) is 0 Å². The lowest BCUT2D eigenvalue weighted by molar-refractivity contribution is -0.139. The first-order valence-electron chi connectivity index (χ1n) is 12.4. The van der Waals surface area contributed by atoms with Crippen LogP contribution in [0.3, 0.4) is 0 Å². The lowest BCUT2D eigenvalue weighted by Crippen LogP contribution is -2.39. The van der Waals surface area contributed by atoms with E-state index in [9.17, 15) is 9.59 Å². The molecule has 0 bridgehead atoms. The molecule has 6 nitrogen and oxygen atoms in total. The van der Waals surface area contributed by atoms with Gasteiger partial charge in [0.2, 0.25) is 0 Å². The van der Waals surface area contributed by atoms with Gasteiger partial charge in [0.05, 0.1) is 28.5 Å². The van der Waals surface area contributed by atoms with E-state index in [2.05, 4.69) is 77.2 Å². The Kier molecular flexibility index (Phi) is 7.28. The predicted molar refractivity (Wildman–Crippen MR) is 160 cm³/mol. The summed E-state index contributed by atoms with van der Waals surface area (Å²) in [5.74, 6) is -0.451. The van der Waals surface area contributed by atoms with Crippen LogP contribution in [0.2, 0.25) is 0 Å². The predicted octanol–water partition coefficient (Wildman–Crippen LogP) is 5.12. The number of halogens is 1. The number of benzene rings is 2. The fourth-order valence-electron chi connectivity index (χ4n) is 4.94. The Hall–Kier alpha value is -3.24. The molecule has 0 spiro atoms. The molecule has 194 valence electrons. The van der Waals surface area contributed by atoms with E-state index in [1.807, 2.05) is 36.4 Å². The number of hydrogen-bond acceptors (Lipinski definition) is 5. The van der Waals surface area contributed by atoms with Crippen LogP contribution in [-0.4, -0.2) is 21.7 Å². The third-order valence-corrected chi connectivity index (χ3v) is 8.95. The molecule has 0 radical (unpaired) electrons. The fourth-order valence-corrected chi connectivity index (χ4v) is 6.47. The number of thiazole rings is 1. The minimum absolute atomic E-state index is 0.174. The van der Waals surface area contributed by atoms with Crippen molar-refractivity contribution in [1.82, 2.24) is 9.13 Å². The highest BCUT2D eigenvalue weighted by molar-refractivity contribution is 14.1. The van der Waals surface area contributed by atoms with Gasteiger partial charge in [-0.25, -0.2) is 9.79 Å². The molecule has 2 aromatic heterocycles. The van der Waals surface area contributed by atoms with Crippen LogP contribution in [0.4, 0.5) is 0 Å². The Morgan fingerprint density at radius 3 is 2.53 bits per heavy atom. The van der Waals surface area contributed by atoms with Crippen molar-refractivity contribution in [3.05, 3.63) is 117 Å². The number of nitrogens with zero attached hydrogens (tertiary/aromatic N) is 3. The first-order chi connectivity index (χ1) is 18.2. The summed E-state index contributed by atoms with van der Waals surface area (Å²) in [5, 5.41) is 0. The van der Waals surface area contributed by atoms with Gasteiger partial charge in [-0.2, -0.15) is 0 Å². The lowest BCUT2D eigenvalue weighted by Gasteiger charge is -2.24. The summed E-state index contributed by atoms with van der Waals surface area (Å²) < 4.78 is 11.0. The summed E-state index contributed by atoms with van der Waals surface area (Å²) in [4.78, 5) is 32.1. The molecule has 3 heterocycles. The zero-order valence-corrected chi connectivity index (χ0v) is 24.9. The van der Waals surface area contributed by atoms with Crippen LogP contribution in [-0.2, 0) is 9.53 Å². The van der Waals surface area contributed by atoms with E-state index in [0.29, 0.717) is 20.6 Å². The maximum absolute atomic E-state index is 13.9. The number of fused-ring (bicyclic) bond motifs is 1. The molecule has 1 atom stereocenters. The van der Waals surface area contributed by atoms with Gasteiger partial charge in [-0.3, -0.25) is 9.36 Å². The van der Waals surface area contributed by atoms with E-state index < -0.39 is 12.0 Å². The molecule has 5 rings (SSSR count). The summed E-state index contributed by atoms with van der Waals surface area (Å²) >= 11 is 3.70. The van der Waals surface area contributed by atoms with Gasteiger partial charge < -0.3 is 9.30 Å². The Balaban J connectivity index is 1.68. The number of carbonyl (C=O) groups excluding carboxylic acids is 1. The number of hydrogen-bond donors (Lipinski definition) is 0. The van der Waals surface area contributed by atoms with E-state index >= 15 is 0 Å². The van der Waals surface area contributed by atoms with Gasteiger partial charge in [0.25, 0.3) is 5.56 Å². The monoisotopic (exact) mass is 637 g/mol. The summed E-state index contributed by atoms with van der Waals surface area (Å²) in [6.45, 7) is 10.1. The highest BCUT2D eigenvalue weighted by atomic mass is 127. The second-order valence-electron chi connectivity index (χ2n) is 9.31. The molecule has 38 heavy (non-hydrogen) atoms. The van der Waals surface area contributed by atoms with Crippen molar-refractivity contribution in [3.8, 4) is 5.69 Å². The van der Waals surface area contributed by atoms with Crippen molar-refractivity contribution in [2.45, 2.75) is 40.7 Å². The van der Waals surface area contributed by atoms with Crippen LogP contribution < -0.4 is 14.9 Å². The zero-order chi connectivity index (χ0) is 27.1. The Morgan fingerprint density at radius 1 is 1.11 bits per heavy atom. The van der Waals surface area contributed by atoms with Crippen LogP contribution >= 0.6 is 33.9 Å². The molecule has 0 fully saturated rings. The van der Waals surface area contributed by atoms with Gasteiger partial charge >= 0.3 is 5.97 Å². The van der Waals surface area contributed by atoms with Gasteiger partial charge in [0.15, 0.2) is 4.80 Å². The highest BCUT2D eigenvalue weighted by Crippen LogP contribution is 2.30. The van der Waals surface area contributed by atoms with Crippen molar-refractivity contribution in [1.29, 1.82) is 0 Å². The Labute approximate surface area is 238 Å². The standard InChI is InChI=1S/C30H28IN3O3S/c1-6-37-29(36)26-19(4)32-30-34(27(26)21-10-8-7-9-11-21)28(35)25(38-30)15-22-14-18(3)33(20(22)5)23-13-12-17(2)24(31)16-23/h7-16,27H,6H2,1-5H3/b25-15-/t27-/m1/s1. The summed E-state index contributed by atoms with van der Waals surface area (Å²) in [5.41, 5.74) is 7.07. The minimum atomic E-state index is -0.601. The van der Waals surface area contributed by atoms with Crippen molar-refractivity contribution >= 4 is 46.0 Å². The van der Waals surface area contributed by atoms with E-state index in [0.717, 1.165) is 28.2 Å². The third kappa shape index (κ3) is 4.60. The number of aryl methyl sites for hydroxylation is 2. The number of allylic oxidation sites excluding steroid dienone is 1. The highest BCUT2D eigenvalue weighted by Gasteiger charge is 2.33. The van der Waals surface area contributed by atoms with Crippen LogP contribution in [0.15, 0.2) is 75.7 Å². The summed E-state index contributed by atoms with van der Waals surface area (Å²) in [6, 6.07) is 17.5. The second-order valence-corrected chi connectivity index (χ2v) is 11.5. The molecular weight excluding hydrogens is 609 g/mol. The van der Waals surface area contributed by atoms with Crippen LogP contribution in [0.25, 0.3) is 11.8 Å². The molecule has 1 aliphatic rings. The van der Waals surface area contributed by atoms with Gasteiger partial charge in [-0.05, 0) is 98.2 Å². The summed E-state index contributed by atoms with van der Waals surface area (Å²) in [7, 11) is 0. The number of ether oxygens (including phenoxy) is 1. The van der Waals surface area contributed by atoms with Gasteiger partial charge in [0, 0.05) is 20.6 Å². The Morgan fingerprint density at radius 2 is 1.84 bits per heavy atom. The molecule has 0 aliphatic carbocycles. The summed E-state index contributed by atoms with van der Waals surface area (Å²) in [6.07, 6.45) is 1.94. The van der Waals surface area contributed by atoms with Gasteiger partial charge in [0.1, 0.15) is 0 Å². The Bertz CT molecular complexity index is 1780. The number of esters is 1. The molecule has 1 aliphatic heterocycles. The topological polar surface area (TPSA) is 65.6 Å². The van der Waals surface area contributed by atoms with E-state index in [-0.39, 0.29) is 12.2 Å². The normalized spacial score (nSPS) is 15.4. The SMILES string of the molecule is CCOC(=O)C1=C(C)N=c2s/c(=C\c3cc(C)n(-c4ccc(C)c(I)c4)c3C)c(=O)n2[C@@H]1c1ccccc1. The molecular formula is C30H28IN3O3S. The molecule has 8 heteroatoms. The van der Waals surface area contributed by atoms with E-state index in [4.69, 9.17) is 4.74 Å². The molecule has 2 aromatic carbocycles. The van der Waals surface area contributed by atoms with Gasteiger partial charge in [-0.1, -0.05) is 47.7 Å². The minimum Gasteiger partial charge on any atom is -0.463 e. The van der Waals surface area contributed by atoms with Crippen molar-refractivity contribution in [2.75, 3.05) is 6.61 Å². The maximum Gasteiger partial charge on any atom is 0.338 e. The van der Waals surface area contributed by atoms with Crippen LogP contribution in [0.5, 0.6) is 0 Å². The molecule has 0 amide bonds. The zero-order valence-electron chi connectivity index (χ0n) is 21.9. The average molecular weight is 638 g/mol. The van der Waals surface area contributed by atoms with Crippen LogP contribution in [0.1, 0.15) is 48.0 Å².